The van der Waals surface area contributed by atoms with Gasteiger partial charge in [-0.3, -0.25) is 14.4 Å². The summed E-state index contributed by atoms with van der Waals surface area (Å²) in [4.78, 5) is 35.9. The molecule has 0 unspecified atom stereocenters. The van der Waals surface area contributed by atoms with E-state index in [0.717, 1.165) is 37.7 Å². The zero-order valence-corrected chi connectivity index (χ0v) is 16.5. The Hall–Kier alpha value is -2.37. The van der Waals surface area contributed by atoms with Crippen LogP contribution in [0.1, 0.15) is 64.4 Å². The third-order valence-electron chi connectivity index (χ3n) is 4.34. The van der Waals surface area contributed by atoms with Crippen molar-refractivity contribution in [2.24, 2.45) is 5.73 Å². The number of amides is 3. The van der Waals surface area contributed by atoms with Crippen LogP contribution in [0.4, 0.5) is 0 Å². The van der Waals surface area contributed by atoms with E-state index in [2.05, 4.69) is 17.6 Å². The molecule has 0 aromatic heterocycles. The van der Waals surface area contributed by atoms with Crippen LogP contribution in [-0.2, 0) is 20.8 Å². The second kappa shape index (κ2) is 12.9. The average molecular weight is 376 g/mol. The first kappa shape index (κ1) is 22.7. The van der Waals surface area contributed by atoms with Crippen molar-refractivity contribution in [3.63, 3.8) is 0 Å². The number of unbranched alkanes of at least 4 members (excludes halogenated alkanes) is 4. The van der Waals surface area contributed by atoms with Crippen molar-refractivity contribution in [2.45, 2.75) is 77.3 Å². The third kappa shape index (κ3) is 10.4. The van der Waals surface area contributed by atoms with Gasteiger partial charge in [0, 0.05) is 12.5 Å². The maximum atomic E-state index is 12.5. The van der Waals surface area contributed by atoms with Crippen molar-refractivity contribution < 1.29 is 14.4 Å². The molecule has 3 amide bonds. The molecule has 6 heteroatoms. The lowest BCUT2D eigenvalue weighted by molar-refractivity contribution is -0.131. The fourth-order valence-corrected chi connectivity index (χ4v) is 2.93. The Balaban J connectivity index is 2.49. The van der Waals surface area contributed by atoms with Gasteiger partial charge in [-0.05, 0) is 25.3 Å². The number of carbonyl (C=O) groups is 3. The molecular formula is C21H33N3O3. The average Bonchev–Trinajstić information content (AvgIpc) is 2.61. The number of rotatable bonds is 13. The highest BCUT2D eigenvalue weighted by atomic mass is 16.2. The molecule has 0 saturated heterocycles. The molecule has 0 heterocycles. The maximum Gasteiger partial charge on any atom is 0.243 e. The van der Waals surface area contributed by atoms with Gasteiger partial charge in [-0.1, -0.05) is 62.9 Å². The summed E-state index contributed by atoms with van der Waals surface area (Å²) in [6.07, 6.45) is 6.00. The van der Waals surface area contributed by atoms with E-state index in [9.17, 15) is 14.4 Å². The summed E-state index contributed by atoms with van der Waals surface area (Å²) in [5.41, 5.74) is 6.35. The van der Waals surface area contributed by atoms with Gasteiger partial charge >= 0.3 is 0 Å². The lowest BCUT2D eigenvalue weighted by atomic mass is 10.1. The quantitative estimate of drug-likeness (QED) is 0.462. The standard InChI is InChI=1S/C21H33N3O3/c1-3-4-5-6-10-13-20(26)24-18(15-19(22)25)21(27)23-16(2)14-17-11-8-7-9-12-17/h7-9,11-12,16,18H,3-6,10,13-15H2,1-2H3,(H2,22,25)(H,23,27)(H,24,26)/t16-,18-/m1/s1. The Bertz CT molecular complexity index is 590. The van der Waals surface area contributed by atoms with Gasteiger partial charge in [0.15, 0.2) is 0 Å². The molecule has 150 valence electrons. The first-order valence-corrected chi connectivity index (χ1v) is 9.84. The Morgan fingerprint density at radius 2 is 1.67 bits per heavy atom. The highest BCUT2D eigenvalue weighted by molar-refractivity contribution is 5.91. The first-order valence-electron chi connectivity index (χ1n) is 9.84. The summed E-state index contributed by atoms with van der Waals surface area (Å²) < 4.78 is 0. The number of nitrogens with two attached hydrogens (primary N) is 1. The van der Waals surface area contributed by atoms with Gasteiger partial charge in [0.2, 0.25) is 17.7 Å². The number of hydrogen-bond acceptors (Lipinski definition) is 3. The van der Waals surface area contributed by atoms with Crippen molar-refractivity contribution in [3.05, 3.63) is 35.9 Å². The van der Waals surface area contributed by atoms with E-state index in [-0.39, 0.29) is 24.3 Å². The van der Waals surface area contributed by atoms with Crippen LogP contribution in [0.15, 0.2) is 30.3 Å². The molecule has 0 radical (unpaired) electrons. The normalized spacial score (nSPS) is 12.8. The summed E-state index contributed by atoms with van der Waals surface area (Å²) in [6, 6.07) is 8.76. The van der Waals surface area contributed by atoms with Crippen LogP contribution >= 0.6 is 0 Å². The topological polar surface area (TPSA) is 101 Å². The minimum atomic E-state index is -0.927. The number of benzene rings is 1. The Kier molecular flexibility index (Phi) is 10.8. The summed E-state index contributed by atoms with van der Waals surface area (Å²) in [7, 11) is 0. The van der Waals surface area contributed by atoms with Gasteiger partial charge in [-0.15, -0.1) is 0 Å². The predicted octanol–water partition coefficient (Wildman–Crippen LogP) is 2.45. The van der Waals surface area contributed by atoms with E-state index in [0.29, 0.717) is 12.8 Å². The van der Waals surface area contributed by atoms with Crippen LogP contribution in [0.5, 0.6) is 0 Å². The molecule has 0 saturated carbocycles. The molecule has 0 aliphatic rings. The fraction of sp³-hybridized carbons (Fsp3) is 0.571. The van der Waals surface area contributed by atoms with Gasteiger partial charge in [-0.25, -0.2) is 0 Å². The van der Waals surface area contributed by atoms with Crippen LogP contribution in [0.3, 0.4) is 0 Å². The Labute approximate surface area is 162 Å². The molecule has 1 aromatic rings. The van der Waals surface area contributed by atoms with Crippen molar-refractivity contribution in [1.82, 2.24) is 10.6 Å². The van der Waals surface area contributed by atoms with Gasteiger partial charge in [-0.2, -0.15) is 0 Å². The van der Waals surface area contributed by atoms with E-state index in [1.807, 2.05) is 37.3 Å². The molecule has 0 aliphatic heterocycles. The van der Waals surface area contributed by atoms with Crippen LogP contribution in [0.2, 0.25) is 0 Å². The fourth-order valence-electron chi connectivity index (χ4n) is 2.93. The minimum absolute atomic E-state index is 0.124. The Morgan fingerprint density at radius 3 is 2.30 bits per heavy atom. The number of hydrogen-bond donors (Lipinski definition) is 3. The second-order valence-corrected chi connectivity index (χ2v) is 7.05. The van der Waals surface area contributed by atoms with E-state index in [1.165, 1.54) is 0 Å². The predicted molar refractivity (Wildman–Crippen MR) is 107 cm³/mol. The lowest BCUT2D eigenvalue weighted by Gasteiger charge is -2.20. The smallest absolute Gasteiger partial charge is 0.243 e. The van der Waals surface area contributed by atoms with Crippen molar-refractivity contribution in [3.8, 4) is 0 Å². The summed E-state index contributed by atoms with van der Waals surface area (Å²) >= 11 is 0. The van der Waals surface area contributed by atoms with E-state index < -0.39 is 11.9 Å². The number of carbonyl (C=O) groups excluding carboxylic acids is 3. The molecule has 4 N–H and O–H groups in total. The van der Waals surface area contributed by atoms with Crippen molar-refractivity contribution >= 4 is 17.7 Å². The van der Waals surface area contributed by atoms with Gasteiger partial charge in [0.05, 0.1) is 6.42 Å². The Morgan fingerprint density at radius 1 is 1.00 bits per heavy atom. The summed E-state index contributed by atoms with van der Waals surface area (Å²) in [5.74, 6) is -1.21. The molecule has 0 fully saturated rings. The zero-order valence-electron chi connectivity index (χ0n) is 16.5. The van der Waals surface area contributed by atoms with Crippen LogP contribution in [-0.4, -0.2) is 29.8 Å². The van der Waals surface area contributed by atoms with Gasteiger partial charge < -0.3 is 16.4 Å². The number of nitrogens with one attached hydrogen (secondary N) is 2. The molecule has 6 nitrogen and oxygen atoms in total. The van der Waals surface area contributed by atoms with Crippen LogP contribution < -0.4 is 16.4 Å². The summed E-state index contributed by atoms with van der Waals surface area (Å²) in [5, 5.41) is 5.52. The molecule has 27 heavy (non-hydrogen) atoms. The molecular weight excluding hydrogens is 342 g/mol. The minimum Gasteiger partial charge on any atom is -0.370 e. The van der Waals surface area contributed by atoms with E-state index in [4.69, 9.17) is 5.73 Å². The highest BCUT2D eigenvalue weighted by Crippen LogP contribution is 2.06. The van der Waals surface area contributed by atoms with E-state index >= 15 is 0 Å². The SMILES string of the molecule is CCCCCCCC(=O)N[C@H](CC(N)=O)C(=O)N[C@H](C)Cc1ccccc1. The third-order valence-corrected chi connectivity index (χ3v) is 4.34. The monoisotopic (exact) mass is 375 g/mol. The molecule has 2 atom stereocenters. The van der Waals surface area contributed by atoms with Gasteiger partial charge in [0.1, 0.15) is 6.04 Å². The lowest BCUT2D eigenvalue weighted by Crippen LogP contribution is -2.50. The molecule has 0 bridgehead atoms. The number of primary amides is 1. The van der Waals surface area contributed by atoms with Crippen LogP contribution in [0, 0.1) is 0 Å². The highest BCUT2D eigenvalue weighted by Gasteiger charge is 2.23. The molecule has 0 spiro atoms. The largest absolute Gasteiger partial charge is 0.370 e. The molecule has 1 rings (SSSR count). The van der Waals surface area contributed by atoms with E-state index in [1.54, 1.807) is 0 Å². The van der Waals surface area contributed by atoms with Crippen LogP contribution in [0.25, 0.3) is 0 Å². The maximum absolute atomic E-state index is 12.5. The van der Waals surface area contributed by atoms with Crippen molar-refractivity contribution in [1.29, 1.82) is 0 Å². The summed E-state index contributed by atoms with van der Waals surface area (Å²) in [6.45, 7) is 4.03. The second-order valence-electron chi connectivity index (χ2n) is 7.05. The van der Waals surface area contributed by atoms with Gasteiger partial charge in [0.25, 0.3) is 0 Å². The molecule has 0 aliphatic carbocycles. The molecule has 1 aromatic carbocycles. The zero-order chi connectivity index (χ0) is 20.1. The first-order chi connectivity index (χ1) is 12.9. The van der Waals surface area contributed by atoms with Crippen molar-refractivity contribution in [2.75, 3.05) is 0 Å².